The van der Waals surface area contributed by atoms with E-state index in [-0.39, 0.29) is 17.7 Å². The predicted molar refractivity (Wildman–Crippen MR) is 62.7 cm³/mol. The highest BCUT2D eigenvalue weighted by Gasteiger charge is 2.39. The van der Waals surface area contributed by atoms with Gasteiger partial charge >= 0.3 is 0 Å². The van der Waals surface area contributed by atoms with Crippen LogP contribution in [0.2, 0.25) is 0 Å². The van der Waals surface area contributed by atoms with Crippen molar-refractivity contribution in [2.24, 2.45) is 23.7 Å². The molecule has 2 rings (SSSR count). The van der Waals surface area contributed by atoms with Gasteiger partial charge in [0.1, 0.15) is 0 Å². The second-order valence-corrected chi connectivity index (χ2v) is 5.44. The third-order valence-electron chi connectivity index (χ3n) is 3.87. The Morgan fingerprint density at radius 1 is 1.44 bits per heavy atom. The zero-order valence-electron chi connectivity index (χ0n) is 10.0. The van der Waals surface area contributed by atoms with E-state index >= 15 is 0 Å². The van der Waals surface area contributed by atoms with Crippen LogP contribution in [0, 0.1) is 23.7 Å². The molecule has 0 radical (unpaired) electrons. The Balaban J connectivity index is 1.79. The fourth-order valence-electron chi connectivity index (χ4n) is 2.65. The molecule has 0 aromatic heterocycles. The van der Waals surface area contributed by atoms with Crippen molar-refractivity contribution in [3.05, 3.63) is 12.2 Å². The number of fused-ring (bicyclic) bond motifs is 2. The second-order valence-electron chi connectivity index (χ2n) is 5.44. The van der Waals surface area contributed by atoms with Crippen LogP contribution in [0.15, 0.2) is 12.2 Å². The Morgan fingerprint density at radius 3 is 2.69 bits per heavy atom. The van der Waals surface area contributed by atoms with E-state index in [1.54, 1.807) is 0 Å². The van der Waals surface area contributed by atoms with Gasteiger partial charge in [0.2, 0.25) is 5.91 Å². The van der Waals surface area contributed by atoms with Crippen molar-refractivity contribution in [1.29, 1.82) is 0 Å². The fourth-order valence-corrected chi connectivity index (χ4v) is 2.65. The minimum Gasteiger partial charge on any atom is -0.391 e. The number of hydrogen-bond donors (Lipinski definition) is 2. The molecule has 0 heterocycles. The maximum absolute atomic E-state index is 11.9. The highest BCUT2D eigenvalue weighted by atomic mass is 16.3. The number of amides is 1. The molecule has 0 spiro atoms. The number of nitrogens with one attached hydrogen (secondary N) is 1. The Morgan fingerprint density at radius 2 is 2.19 bits per heavy atom. The van der Waals surface area contributed by atoms with E-state index in [2.05, 4.69) is 17.5 Å². The van der Waals surface area contributed by atoms with Gasteiger partial charge in [0.25, 0.3) is 0 Å². The summed E-state index contributed by atoms with van der Waals surface area (Å²) >= 11 is 0. The minimum atomic E-state index is -0.432. The monoisotopic (exact) mass is 223 g/mol. The van der Waals surface area contributed by atoms with Crippen molar-refractivity contribution in [3.8, 4) is 0 Å². The highest BCUT2D eigenvalue weighted by Crippen LogP contribution is 2.43. The van der Waals surface area contributed by atoms with Crippen molar-refractivity contribution >= 4 is 5.91 Å². The van der Waals surface area contributed by atoms with Gasteiger partial charge < -0.3 is 10.4 Å². The smallest absolute Gasteiger partial charge is 0.223 e. The average molecular weight is 223 g/mol. The predicted octanol–water partition coefficient (Wildman–Crippen LogP) is 1.33. The Hall–Kier alpha value is -0.830. The standard InChI is InChI=1S/C13H21NO2/c1-8(2)12(15)7-14-13(16)11-6-9-3-4-10(11)5-9/h3-4,8-12,15H,5-7H2,1-2H3,(H,14,16). The van der Waals surface area contributed by atoms with Crippen molar-refractivity contribution in [2.75, 3.05) is 6.54 Å². The molecule has 90 valence electrons. The van der Waals surface area contributed by atoms with Crippen LogP contribution in [-0.4, -0.2) is 23.7 Å². The highest BCUT2D eigenvalue weighted by molar-refractivity contribution is 5.80. The minimum absolute atomic E-state index is 0.122. The molecule has 2 N–H and O–H groups in total. The molecule has 0 aliphatic heterocycles. The summed E-state index contributed by atoms with van der Waals surface area (Å²) in [5, 5.41) is 12.5. The van der Waals surface area contributed by atoms with Crippen LogP contribution in [0.4, 0.5) is 0 Å². The first-order valence-electron chi connectivity index (χ1n) is 6.22. The van der Waals surface area contributed by atoms with Crippen LogP contribution in [-0.2, 0) is 4.79 Å². The first-order valence-corrected chi connectivity index (χ1v) is 6.22. The van der Waals surface area contributed by atoms with Crippen molar-refractivity contribution in [3.63, 3.8) is 0 Å². The van der Waals surface area contributed by atoms with Crippen LogP contribution >= 0.6 is 0 Å². The summed E-state index contributed by atoms with van der Waals surface area (Å²) in [6.07, 6.45) is 6.11. The van der Waals surface area contributed by atoms with Crippen molar-refractivity contribution in [2.45, 2.75) is 32.8 Å². The van der Waals surface area contributed by atoms with Crippen LogP contribution in [0.5, 0.6) is 0 Å². The SMILES string of the molecule is CC(C)C(O)CNC(=O)C1CC2C=CC1C2. The molecule has 0 aromatic rings. The topological polar surface area (TPSA) is 49.3 Å². The quantitative estimate of drug-likeness (QED) is 0.706. The lowest BCUT2D eigenvalue weighted by molar-refractivity contribution is -0.126. The number of carbonyl (C=O) groups excluding carboxylic acids is 1. The third-order valence-corrected chi connectivity index (χ3v) is 3.87. The molecule has 3 heteroatoms. The molecule has 1 amide bonds. The maximum atomic E-state index is 11.9. The molecule has 1 saturated carbocycles. The van der Waals surface area contributed by atoms with Gasteiger partial charge in [-0.05, 0) is 30.6 Å². The van der Waals surface area contributed by atoms with Gasteiger partial charge in [-0.1, -0.05) is 26.0 Å². The molecule has 0 saturated heterocycles. The Bertz CT molecular complexity index is 298. The van der Waals surface area contributed by atoms with E-state index < -0.39 is 6.10 Å². The van der Waals surface area contributed by atoms with Gasteiger partial charge in [0.05, 0.1) is 6.10 Å². The van der Waals surface area contributed by atoms with Crippen LogP contribution in [0.1, 0.15) is 26.7 Å². The van der Waals surface area contributed by atoms with Gasteiger partial charge in [-0.3, -0.25) is 4.79 Å². The van der Waals surface area contributed by atoms with Gasteiger partial charge in [-0.25, -0.2) is 0 Å². The largest absolute Gasteiger partial charge is 0.391 e. The first kappa shape index (κ1) is 11.6. The van der Waals surface area contributed by atoms with Crippen LogP contribution < -0.4 is 5.32 Å². The van der Waals surface area contributed by atoms with Crippen molar-refractivity contribution < 1.29 is 9.90 Å². The number of hydrogen-bond acceptors (Lipinski definition) is 2. The Kier molecular flexibility index (Phi) is 3.33. The molecule has 2 aliphatic carbocycles. The van der Waals surface area contributed by atoms with Crippen LogP contribution in [0.3, 0.4) is 0 Å². The van der Waals surface area contributed by atoms with E-state index in [4.69, 9.17) is 0 Å². The summed E-state index contributed by atoms with van der Waals surface area (Å²) in [6.45, 7) is 4.29. The number of allylic oxidation sites excluding steroid dienone is 2. The zero-order valence-corrected chi connectivity index (χ0v) is 10.0. The fraction of sp³-hybridized carbons (Fsp3) is 0.769. The van der Waals surface area contributed by atoms with E-state index in [0.717, 1.165) is 12.8 Å². The number of aliphatic hydroxyl groups excluding tert-OH is 1. The summed E-state index contributed by atoms with van der Waals surface area (Å²) in [5.74, 6) is 1.53. The lowest BCUT2D eigenvalue weighted by atomic mass is 9.92. The Labute approximate surface area is 96.9 Å². The molecular weight excluding hydrogens is 202 g/mol. The van der Waals surface area contributed by atoms with E-state index in [9.17, 15) is 9.90 Å². The van der Waals surface area contributed by atoms with Gasteiger partial charge in [-0.15, -0.1) is 0 Å². The second kappa shape index (κ2) is 4.58. The van der Waals surface area contributed by atoms with Crippen molar-refractivity contribution in [1.82, 2.24) is 5.32 Å². The van der Waals surface area contributed by atoms with Gasteiger partial charge in [0.15, 0.2) is 0 Å². The molecule has 0 aromatic carbocycles. The summed E-state index contributed by atoms with van der Waals surface area (Å²) in [6, 6.07) is 0. The zero-order chi connectivity index (χ0) is 11.7. The molecule has 4 atom stereocenters. The maximum Gasteiger partial charge on any atom is 0.223 e. The van der Waals surface area contributed by atoms with E-state index in [0.29, 0.717) is 18.4 Å². The van der Waals surface area contributed by atoms with Crippen LogP contribution in [0.25, 0.3) is 0 Å². The van der Waals surface area contributed by atoms with E-state index in [1.807, 2.05) is 13.8 Å². The van der Waals surface area contributed by atoms with Gasteiger partial charge in [-0.2, -0.15) is 0 Å². The molecule has 2 aliphatic rings. The lowest BCUT2D eigenvalue weighted by Gasteiger charge is -2.20. The normalized spacial score (nSPS) is 33.4. The summed E-state index contributed by atoms with van der Waals surface area (Å²) in [4.78, 5) is 11.9. The third kappa shape index (κ3) is 2.29. The summed E-state index contributed by atoms with van der Waals surface area (Å²) in [5.41, 5.74) is 0. The molecule has 2 bridgehead atoms. The number of aliphatic hydroxyl groups is 1. The first-order chi connectivity index (χ1) is 7.58. The number of carbonyl (C=O) groups is 1. The van der Waals surface area contributed by atoms with E-state index in [1.165, 1.54) is 0 Å². The summed E-state index contributed by atoms with van der Waals surface area (Å²) < 4.78 is 0. The molecule has 3 nitrogen and oxygen atoms in total. The average Bonchev–Trinajstić information content (AvgIpc) is 2.86. The molecule has 1 fully saturated rings. The lowest BCUT2D eigenvalue weighted by Crippen LogP contribution is -2.39. The molecular formula is C13H21NO2. The molecule has 4 unspecified atom stereocenters. The van der Waals surface area contributed by atoms with Gasteiger partial charge in [0, 0.05) is 12.5 Å². The summed E-state index contributed by atoms with van der Waals surface area (Å²) in [7, 11) is 0. The molecule has 16 heavy (non-hydrogen) atoms. The number of rotatable bonds is 4.